The SMILES string of the molecule is O=C(NN=Cc1ccc(S(=O)(=O)[O-])o1)c1ccc(F)cc1.[Na+]. The summed E-state index contributed by atoms with van der Waals surface area (Å²) in [5.41, 5.74) is 2.33. The van der Waals surface area contributed by atoms with Crippen LogP contribution >= 0.6 is 0 Å². The van der Waals surface area contributed by atoms with Gasteiger partial charge in [0, 0.05) is 5.56 Å². The molecule has 7 nitrogen and oxygen atoms in total. The fraction of sp³-hybridized carbons (Fsp3) is 0. The molecule has 0 saturated heterocycles. The number of hydrogen-bond acceptors (Lipinski definition) is 6. The molecule has 0 aliphatic rings. The van der Waals surface area contributed by atoms with Gasteiger partial charge in [0.15, 0.2) is 10.1 Å². The van der Waals surface area contributed by atoms with Crippen molar-refractivity contribution in [3.05, 3.63) is 53.5 Å². The van der Waals surface area contributed by atoms with Gasteiger partial charge in [-0.15, -0.1) is 0 Å². The molecule has 22 heavy (non-hydrogen) atoms. The smallest absolute Gasteiger partial charge is 0.742 e. The Labute approximate surface area is 147 Å². The van der Waals surface area contributed by atoms with Gasteiger partial charge in [-0.25, -0.2) is 18.2 Å². The number of nitrogens with zero attached hydrogens (tertiary/aromatic N) is 1. The topological polar surface area (TPSA) is 112 Å². The largest absolute Gasteiger partial charge is 1.00 e. The van der Waals surface area contributed by atoms with Crippen LogP contribution in [0.5, 0.6) is 0 Å². The van der Waals surface area contributed by atoms with E-state index in [1.165, 1.54) is 18.2 Å². The zero-order chi connectivity index (χ0) is 15.5. The van der Waals surface area contributed by atoms with E-state index in [2.05, 4.69) is 10.5 Å². The minimum atomic E-state index is -4.67. The molecule has 0 bridgehead atoms. The number of nitrogens with one attached hydrogen (secondary N) is 1. The van der Waals surface area contributed by atoms with Crippen molar-refractivity contribution < 1.29 is 56.1 Å². The first-order valence-electron chi connectivity index (χ1n) is 5.51. The van der Waals surface area contributed by atoms with Crippen LogP contribution in [0.25, 0.3) is 0 Å². The van der Waals surface area contributed by atoms with Gasteiger partial charge in [-0.2, -0.15) is 5.10 Å². The Kier molecular flexibility index (Phi) is 6.45. The van der Waals surface area contributed by atoms with Crippen LogP contribution in [0, 0.1) is 5.82 Å². The first kappa shape index (κ1) is 18.5. The molecule has 2 aromatic rings. The van der Waals surface area contributed by atoms with Crippen LogP contribution in [0.1, 0.15) is 16.1 Å². The first-order valence-corrected chi connectivity index (χ1v) is 6.92. The number of carbonyl (C=O) groups is 1. The quantitative estimate of drug-likeness (QED) is 0.303. The second-order valence-corrected chi connectivity index (χ2v) is 5.13. The molecule has 110 valence electrons. The molecule has 10 heteroatoms. The van der Waals surface area contributed by atoms with E-state index in [1.807, 2.05) is 0 Å². The number of rotatable bonds is 4. The maximum atomic E-state index is 12.7. The van der Waals surface area contributed by atoms with Gasteiger partial charge in [0.05, 0.1) is 6.21 Å². The summed E-state index contributed by atoms with van der Waals surface area (Å²) in [6.07, 6.45) is 1.02. The second-order valence-electron chi connectivity index (χ2n) is 3.82. The fourth-order valence-electron chi connectivity index (χ4n) is 1.36. The zero-order valence-corrected chi connectivity index (χ0v) is 14.1. The van der Waals surface area contributed by atoms with Crippen LogP contribution in [0.15, 0.2) is 51.0 Å². The molecule has 0 spiro atoms. The molecule has 1 heterocycles. The van der Waals surface area contributed by atoms with Crippen molar-refractivity contribution >= 4 is 22.2 Å². The van der Waals surface area contributed by atoms with Crippen molar-refractivity contribution in [3.63, 3.8) is 0 Å². The monoisotopic (exact) mass is 334 g/mol. The van der Waals surface area contributed by atoms with Gasteiger partial charge in [-0.1, -0.05) is 0 Å². The van der Waals surface area contributed by atoms with Crippen molar-refractivity contribution in [3.8, 4) is 0 Å². The van der Waals surface area contributed by atoms with Crippen molar-refractivity contribution in [2.45, 2.75) is 5.09 Å². The van der Waals surface area contributed by atoms with Gasteiger partial charge >= 0.3 is 29.6 Å². The third-order valence-electron chi connectivity index (χ3n) is 2.31. The number of hydrazone groups is 1. The molecule has 1 N–H and O–H groups in total. The van der Waals surface area contributed by atoms with Gasteiger partial charge in [0.2, 0.25) is 5.09 Å². The van der Waals surface area contributed by atoms with Crippen molar-refractivity contribution in [2.24, 2.45) is 5.10 Å². The first-order chi connectivity index (χ1) is 9.86. The van der Waals surface area contributed by atoms with Crippen LogP contribution in [0.2, 0.25) is 0 Å². The van der Waals surface area contributed by atoms with Crippen LogP contribution in [-0.4, -0.2) is 25.1 Å². The van der Waals surface area contributed by atoms with E-state index in [4.69, 9.17) is 4.42 Å². The Morgan fingerprint density at radius 3 is 2.41 bits per heavy atom. The standard InChI is InChI=1S/C12H9FN2O5S.Na/c13-9-3-1-8(2-4-9)12(16)15-14-7-10-5-6-11(20-10)21(17,18)19;/h1-7H,(H,15,16)(H,17,18,19);/q;+1/p-1. The molecule has 1 amide bonds. The summed E-state index contributed by atoms with van der Waals surface area (Å²) in [5, 5.41) is 2.78. The van der Waals surface area contributed by atoms with E-state index in [9.17, 15) is 22.2 Å². The third-order valence-corrected chi connectivity index (χ3v) is 3.03. The summed E-state index contributed by atoms with van der Waals surface area (Å²) in [5.74, 6) is -1.09. The van der Waals surface area contributed by atoms with Crippen LogP contribution in [0.3, 0.4) is 0 Å². The van der Waals surface area contributed by atoms with E-state index in [1.54, 1.807) is 0 Å². The molecule has 0 unspecified atom stereocenters. The molecule has 0 atom stereocenters. The summed E-state index contributed by atoms with van der Waals surface area (Å²) < 4.78 is 49.3. The Bertz CT molecular complexity index is 786. The summed E-state index contributed by atoms with van der Waals surface area (Å²) >= 11 is 0. The average molecular weight is 334 g/mol. The van der Waals surface area contributed by atoms with E-state index in [-0.39, 0.29) is 40.9 Å². The van der Waals surface area contributed by atoms with Gasteiger partial charge in [-0.3, -0.25) is 4.79 Å². The minimum absolute atomic E-state index is 0. The Balaban J connectivity index is 0.00000242. The molecular weight excluding hydrogens is 326 g/mol. The Morgan fingerprint density at radius 2 is 1.86 bits per heavy atom. The van der Waals surface area contributed by atoms with Crippen LogP contribution in [-0.2, 0) is 10.1 Å². The predicted octanol–water partition coefficient (Wildman–Crippen LogP) is -1.91. The van der Waals surface area contributed by atoms with Crippen LogP contribution < -0.4 is 35.0 Å². The molecule has 0 saturated carbocycles. The molecule has 0 fully saturated rings. The average Bonchev–Trinajstić information content (AvgIpc) is 2.88. The molecule has 1 aromatic heterocycles. The number of furan rings is 1. The van der Waals surface area contributed by atoms with Gasteiger partial charge in [-0.05, 0) is 36.4 Å². The van der Waals surface area contributed by atoms with E-state index < -0.39 is 26.9 Å². The maximum Gasteiger partial charge on any atom is 1.00 e. The molecular formula is C12H8FN2NaO5S. The molecule has 0 aliphatic carbocycles. The van der Waals surface area contributed by atoms with E-state index in [0.29, 0.717) is 0 Å². The normalized spacial score (nSPS) is 11.2. The van der Waals surface area contributed by atoms with Crippen molar-refractivity contribution in [1.29, 1.82) is 0 Å². The number of halogens is 1. The summed E-state index contributed by atoms with van der Waals surface area (Å²) in [4.78, 5) is 11.6. The Hall–Kier alpha value is -1.52. The third kappa shape index (κ3) is 5.04. The maximum absolute atomic E-state index is 12.7. The summed E-state index contributed by atoms with van der Waals surface area (Å²) in [6, 6.07) is 6.97. The van der Waals surface area contributed by atoms with Crippen molar-refractivity contribution in [2.75, 3.05) is 0 Å². The second kappa shape index (κ2) is 7.65. The zero-order valence-electron chi connectivity index (χ0n) is 11.3. The molecule has 0 aliphatic heterocycles. The Morgan fingerprint density at radius 1 is 1.23 bits per heavy atom. The van der Waals surface area contributed by atoms with Gasteiger partial charge in [0.25, 0.3) is 5.91 Å². The number of hydrogen-bond donors (Lipinski definition) is 1. The number of amides is 1. The van der Waals surface area contributed by atoms with Crippen molar-refractivity contribution in [1.82, 2.24) is 5.43 Å². The molecule has 0 radical (unpaired) electrons. The number of benzene rings is 1. The van der Waals surface area contributed by atoms with Gasteiger partial charge < -0.3 is 8.97 Å². The molecule has 2 rings (SSSR count). The van der Waals surface area contributed by atoms with Gasteiger partial charge in [0.1, 0.15) is 11.6 Å². The van der Waals surface area contributed by atoms with E-state index in [0.717, 1.165) is 24.4 Å². The predicted molar refractivity (Wildman–Crippen MR) is 68.1 cm³/mol. The fourth-order valence-corrected chi connectivity index (χ4v) is 1.79. The van der Waals surface area contributed by atoms with E-state index >= 15 is 0 Å². The summed E-state index contributed by atoms with van der Waals surface area (Å²) in [6.45, 7) is 0. The minimum Gasteiger partial charge on any atom is -0.742 e. The molecule has 1 aromatic carbocycles. The summed E-state index contributed by atoms with van der Waals surface area (Å²) in [7, 11) is -4.67. The number of carbonyl (C=O) groups excluding carboxylic acids is 1. The van der Waals surface area contributed by atoms with Crippen LogP contribution in [0.4, 0.5) is 4.39 Å².